The zero-order valence-electron chi connectivity index (χ0n) is 10.4. The SMILES string of the molecule is CCNCC1(Cc2csc(C)n2)CCCC1. The molecule has 1 aliphatic rings. The molecule has 0 atom stereocenters. The van der Waals surface area contributed by atoms with E-state index in [1.54, 1.807) is 11.3 Å². The van der Waals surface area contributed by atoms with Gasteiger partial charge in [-0.15, -0.1) is 11.3 Å². The summed E-state index contributed by atoms with van der Waals surface area (Å²) in [6, 6.07) is 0. The van der Waals surface area contributed by atoms with Crippen LogP contribution in [0.4, 0.5) is 0 Å². The van der Waals surface area contributed by atoms with Crippen LogP contribution >= 0.6 is 11.3 Å². The van der Waals surface area contributed by atoms with Gasteiger partial charge in [0.05, 0.1) is 10.7 Å². The molecule has 0 bridgehead atoms. The average Bonchev–Trinajstić information content (AvgIpc) is 2.87. The quantitative estimate of drug-likeness (QED) is 0.852. The molecule has 0 saturated heterocycles. The maximum atomic E-state index is 4.62. The van der Waals surface area contributed by atoms with Gasteiger partial charge in [-0.05, 0) is 38.1 Å². The molecule has 2 nitrogen and oxygen atoms in total. The van der Waals surface area contributed by atoms with E-state index in [-0.39, 0.29) is 0 Å². The Balaban J connectivity index is 2.02. The Bertz CT molecular complexity index is 326. The van der Waals surface area contributed by atoms with E-state index >= 15 is 0 Å². The van der Waals surface area contributed by atoms with Crippen LogP contribution in [-0.4, -0.2) is 18.1 Å². The van der Waals surface area contributed by atoms with Crippen molar-refractivity contribution in [1.29, 1.82) is 0 Å². The molecule has 16 heavy (non-hydrogen) atoms. The molecule has 1 aliphatic carbocycles. The summed E-state index contributed by atoms with van der Waals surface area (Å²) >= 11 is 1.78. The fourth-order valence-corrected chi connectivity index (χ4v) is 3.42. The summed E-state index contributed by atoms with van der Waals surface area (Å²) in [5.41, 5.74) is 1.80. The normalized spacial score (nSPS) is 19.1. The first kappa shape index (κ1) is 12.1. The maximum absolute atomic E-state index is 4.62. The Morgan fingerprint density at radius 3 is 2.75 bits per heavy atom. The minimum Gasteiger partial charge on any atom is -0.316 e. The van der Waals surface area contributed by atoms with E-state index in [9.17, 15) is 0 Å². The van der Waals surface area contributed by atoms with Gasteiger partial charge in [-0.2, -0.15) is 0 Å². The van der Waals surface area contributed by atoms with E-state index in [0.717, 1.165) is 6.54 Å². The van der Waals surface area contributed by atoms with Crippen molar-refractivity contribution in [2.75, 3.05) is 13.1 Å². The van der Waals surface area contributed by atoms with Gasteiger partial charge in [0, 0.05) is 11.9 Å². The Hall–Kier alpha value is -0.410. The minimum absolute atomic E-state index is 0.497. The van der Waals surface area contributed by atoms with Crippen molar-refractivity contribution in [1.82, 2.24) is 10.3 Å². The first-order valence-corrected chi connectivity index (χ1v) is 7.24. The highest BCUT2D eigenvalue weighted by Crippen LogP contribution is 2.40. The zero-order valence-corrected chi connectivity index (χ0v) is 11.2. The van der Waals surface area contributed by atoms with Gasteiger partial charge >= 0.3 is 0 Å². The van der Waals surface area contributed by atoms with Gasteiger partial charge in [-0.3, -0.25) is 0 Å². The fraction of sp³-hybridized carbons (Fsp3) is 0.769. The van der Waals surface area contributed by atoms with Crippen molar-refractivity contribution < 1.29 is 0 Å². The number of nitrogens with one attached hydrogen (secondary N) is 1. The standard InChI is InChI=1S/C13H22N2S/c1-3-14-10-13(6-4-5-7-13)8-12-9-16-11(2)15-12/h9,14H,3-8,10H2,1-2H3. The summed E-state index contributed by atoms with van der Waals surface area (Å²) in [7, 11) is 0. The summed E-state index contributed by atoms with van der Waals surface area (Å²) in [4.78, 5) is 4.62. The molecule has 1 aromatic heterocycles. The molecule has 0 aliphatic heterocycles. The van der Waals surface area contributed by atoms with E-state index in [1.807, 2.05) is 0 Å². The van der Waals surface area contributed by atoms with E-state index in [2.05, 4.69) is 29.5 Å². The molecule has 1 N–H and O–H groups in total. The largest absolute Gasteiger partial charge is 0.316 e. The number of hydrogen-bond donors (Lipinski definition) is 1. The monoisotopic (exact) mass is 238 g/mol. The van der Waals surface area contributed by atoms with Crippen LogP contribution in [-0.2, 0) is 6.42 Å². The summed E-state index contributed by atoms with van der Waals surface area (Å²) < 4.78 is 0. The molecule has 0 spiro atoms. The van der Waals surface area contributed by atoms with E-state index < -0.39 is 0 Å². The minimum atomic E-state index is 0.497. The van der Waals surface area contributed by atoms with Gasteiger partial charge in [0.2, 0.25) is 0 Å². The molecule has 1 heterocycles. The van der Waals surface area contributed by atoms with Gasteiger partial charge in [-0.1, -0.05) is 19.8 Å². The molecular formula is C13H22N2S. The van der Waals surface area contributed by atoms with Crippen molar-refractivity contribution in [3.63, 3.8) is 0 Å². The van der Waals surface area contributed by atoms with Crippen molar-refractivity contribution >= 4 is 11.3 Å². The molecule has 0 radical (unpaired) electrons. The summed E-state index contributed by atoms with van der Waals surface area (Å²) in [5, 5.41) is 6.97. The van der Waals surface area contributed by atoms with Crippen LogP contribution in [0, 0.1) is 12.3 Å². The number of thiazole rings is 1. The van der Waals surface area contributed by atoms with Crippen LogP contribution in [0.5, 0.6) is 0 Å². The number of aryl methyl sites for hydroxylation is 1. The van der Waals surface area contributed by atoms with Crippen molar-refractivity contribution in [2.24, 2.45) is 5.41 Å². The number of rotatable bonds is 5. The highest BCUT2D eigenvalue weighted by atomic mass is 32.1. The first-order chi connectivity index (χ1) is 7.74. The molecule has 2 rings (SSSR count). The van der Waals surface area contributed by atoms with Crippen LogP contribution in [0.1, 0.15) is 43.3 Å². The highest BCUT2D eigenvalue weighted by molar-refractivity contribution is 7.09. The van der Waals surface area contributed by atoms with Gasteiger partial charge in [0.1, 0.15) is 0 Å². The van der Waals surface area contributed by atoms with Gasteiger partial charge in [-0.25, -0.2) is 4.98 Å². The Kier molecular flexibility index (Phi) is 3.98. The third-order valence-corrected chi connectivity index (χ3v) is 4.46. The Morgan fingerprint density at radius 2 is 2.19 bits per heavy atom. The molecule has 1 fully saturated rings. The van der Waals surface area contributed by atoms with Gasteiger partial charge in [0.15, 0.2) is 0 Å². The van der Waals surface area contributed by atoms with E-state index in [4.69, 9.17) is 0 Å². The molecular weight excluding hydrogens is 216 g/mol. The number of aromatic nitrogens is 1. The maximum Gasteiger partial charge on any atom is 0.0897 e. The third kappa shape index (κ3) is 2.83. The van der Waals surface area contributed by atoms with Crippen molar-refractivity contribution in [3.05, 3.63) is 16.1 Å². The lowest BCUT2D eigenvalue weighted by Crippen LogP contribution is -2.34. The molecule has 3 heteroatoms. The van der Waals surface area contributed by atoms with Crippen LogP contribution in [0.2, 0.25) is 0 Å². The topological polar surface area (TPSA) is 24.9 Å². The number of nitrogens with zero attached hydrogens (tertiary/aromatic N) is 1. The van der Waals surface area contributed by atoms with Crippen LogP contribution < -0.4 is 5.32 Å². The summed E-state index contributed by atoms with van der Waals surface area (Å²) in [5.74, 6) is 0. The highest BCUT2D eigenvalue weighted by Gasteiger charge is 2.34. The van der Waals surface area contributed by atoms with Crippen molar-refractivity contribution in [3.8, 4) is 0 Å². The predicted octanol–water partition coefficient (Wildman–Crippen LogP) is 3.16. The number of hydrogen-bond acceptors (Lipinski definition) is 3. The Morgan fingerprint density at radius 1 is 1.44 bits per heavy atom. The molecule has 0 amide bonds. The zero-order chi connectivity index (χ0) is 11.4. The predicted molar refractivity (Wildman–Crippen MR) is 70.0 cm³/mol. The molecule has 90 valence electrons. The molecule has 0 aromatic carbocycles. The molecule has 1 aromatic rings. The van der Waals surface area contributed by atoms with E-state index in [1.165, 1.54) is 49.4 Å². The second-order valence-electron chi connectivity index (χ2n) is 5.02. The lowest BCUT2D eigenvalue weighted by atomic mass is 9.81. The second kappa shape index (κ2) is 5.28. The van der Waals surface area contributed by atoms with Gasteiger partial charge < -0.3 is 5.32 Å². The van der Waals surface area contributed by atoms with E-state index in [0.29, 0.717) is 5.41 Å². The summed E-state index contributed by atoms with van der Waals surface area (Å²) in [6.45, 7) is 6.54. The van der Waals surface area contributed by atoms with Crippen LogP contribution in [0.25, 0.3) is 0 Å². The average molecular weight is 238 g/mol. The lowest BCUT2D eigenvalue weighted by molar-refractivity contribution is 0.278. The first-order valence-electron chi connectivity index (χ1n) is 6.36. The van der Waals surface area contributed by atoms with Crippen molar-refractivity contribution in [2.45, 2.75) is 46.0 Å². The lowest BCUT2D eigenvalue weighted by Gasteiger charge is -2.28. The molecule has 0 unspecified atom stereocenters. The Labute approximate surface area is 102 Å². The second-order valence-corrected chi connectivity index (χ2v) is 6.08. The van der Waals surface area contributed by atoms with Crippen LogP contribution in [0.3, 0.4) is 0 Å². The smallest absolute Gasteiger partial charge is 0.0897 e. The molecule has 1 saturated carbocycles. The summed E-state index contributed by atoms with van der Waals surface area (Å²) in [6.07, 6.45) is 6.71. The van der Waals surface area contributed by atoms with Gasteiger partial charge in [0.25, 0.3) is 0 Å². The fourth-order valence-electron chi connectivity index (χ4n) is 2.80. The third-order valence-electron chi connectivity index (χ3n) is 3.64. The van der Waals surface area contributed by atoms with Crippen LogP contribution in [0.15, 0.2) is 5.38 Å².